The molecule has 1 aliphatic carbocycles. The molecule has 0 spiro atoms. The summed E-state index contributed by atoms with van der Waals surface area (Å²) in [5.74, 6) is 0. The largest absolute Gasteiger partial charge is 0.462 e. The van der Waals surface area contributed by atoms with Crippen LogP contribution in [0.5, 0.6) is 0 Å². The van der Waals surface area contributed by atoms with Gasteiger partial charge in [-0.3, -0.25) is 4.79 Å². The third kappa shape index (κ3) is 7.40. The first-order valence-corrected chi connectivity index (χ1v) is 6.30. The second kappa shape index (κ2) is 8.75. The fourth-order valence-electron chi connectivity index (χ4n) is 1.59. The molecule has 1 saturated carbocycles. The third-order valence-electron chi connectivity index (χ3n) is 3.33. The molecule has 0 amide bonds. The lowest BCUT2D eigenvalue weighted by Gasteiger charge is -2.23. The molecule has 0 aromatic rings. The van der Waals surface area contributed by atoms with Crippen molar-refractivity contribution in [2.45, 2.75) is 77.7 Å². The lowest BCUT2D eigenvalue weighted by Crippen LogP contribution is -2.25. The van der Waals surface area contributed by atoms with Crippen LogP contribution in [0.2, 0.25) is 0 Å². The second-order valence-corrected chi connectivity index (χ2v) is 4.49. The zero-order valence-corrected chi connectivity index (χ0v) is 10.6. The first-order valence-electron chi connectivity index (χ1n) is 6.30. The van der Waals surface area contributed by atoms with Gasteiger partial charge in [0.2, 0.25) is 0 Å². The second-order valence-electron chi connectivity index (χ2n) is 4.49. The highest BCUT2D eigenvalue weighted by Crippen LogP contribution is 2.17. The molecule has 1 rings (SSSR count). The molecule has 0 bridgehead atoms. The van der Waals surface area contributed by atoms with Crippen LogP contribution in [0.15, 0.2) is 0 Å². The molecule has 0 aromatic heterocycles. The molecule has 0 N–H and O–H groups in total. The van der Waals surface area contributed by atoms with Crippen LogP contribution in [-0.2, 0) is 9.53 Å². The van der Waals surface area contributed by atoms with E-state index in [0.29, 0.717) is 6.47 Å². The molecular weight excluding hydrogens is 188 g/mol. The Balaban J connectivity index is 0.000000280. The predicted octanol–water partition coefficient (Wildman–Crippen LogP) is 4.08. The quantitative estimate of drug-likeness (QED) is 0.659. The fraction of sp³-hybridized carbons (Fsp3) is 0.923. The molecular formula is C13H26O2. The van der Waals surface area contributed by atoms with Crippen LogP contribution >= 0.6 is 0 Å². The Morgan fingerprint density at radius 1 is 1.00 bits per heavy atom. The minimum atomic E-state index is -0.234. The van der Waals surface area contributed by atoms with Gasteiger partial charge in [-0.25, -0.2) is 0 Å². The summed E-state index contributed by atoms with van der Waals surface area (Å²) in [5.41, 5.74) is -0.234. The van der Waals surface area contributed by atoms with Crippen LogP contribution in [0, 0.1) is 0 Å². The van der Waals surface area contributed by atoms with Crippen LogP contribution in [0.1, 0.15) is 72.1 Å². The van der Waals surface area contributed by atoms with E-state index >= 15 is 0 Å². The Bertz CT molecular complexity index is 135. The average Bonchev–Trinajstić information content (AvgIpc) is 2.32. The zero-order valence-electron chi connectivity index (χ0n) is 10.6. The van der Waals surface area contributed by atoms with E-state index < -0.39 is 0 Å². The summed E-state index contributed by atoms with van der Waals surface area (Å²) in [7, 11) is 0. The minimum absolute atomic E-state index is 0.234. The monoisotopic (exact) mass is 214 g/mol. The van der Waals surface area contributed by atoms with Crippen LogP contribution in [0.4, 0.5) is 0 Å². The van der Waals surface area contributed by atoms with Crippen molar-refractivity contribution in [1.29, 1.82) is 0 Å². The lowest BCUT2D eigenvalue weighted by molar-refractivity contribution is -0.142. The van der Waals surface area contributed by atoms with E-state index in [4.69, 9.17) is 4.74 Å². The molecule has 1 aliphatic rings. The highest BCUT2D eigenvalue weighted by molar-refractivity contribution is 5.38. The van der Waals surface area contributed by atoms with Crippen molar-refractivity contribution >= 4 is 6.47 Å². The highest BCUT2D eigenvalue weighted by Gasteiger charge is 2.19. The molecule has 15 heavy (non-hydrogen) atoms. The molecule has 0 radical (unpaired) electrons. The van der Waals surface area contributed by atoms with E-state index in [-0.39, 0.29) is 5.60 Å². The SMILES string of the molecule is C1CCCCC1.CCC(C)(CC)OC=O. The Kier molecular flexibility index (Phi) is 8.44. The van der Waals surface area contributed by atoms with Crippen molar-refractivity contribution in [1.82, 2.24) is 0 Å². The topological polar surface area (TPSA) is 26.3 Å². The van der Waals surface area contributed by atoms with E-state index in [1.165, 1.54) is 38.5 Å². The molecule has 0 aliphatic heterocycles. The summed E-state index contributed by atoms with van der Waals surface area (Å²) in [5, 5.41) is 0. The number of carbonyl (C=O) groups excluding carboxylic acids is 1. The number of ether oxygens (including phenoxy) is 1. The average molecular weight is 214 g/mol. The first-order chi connectivity index (χ1) is 7.18. The maximum atomic E-state index is 9.92. The van der Waals surface area contributed by atoms with E-state index in [2.05, 4.69) is 0 Å². The number of hydrogen-bond donors (Lipinski definition) is 0. The first kappa shape index (κ1) is 14.5. The van der Waals surface area contributed by atoms with Crippen LogP contribution in [0.3, 0.4) is 0 Å². The number of carbonyl (C=O) groups is 1. The van der Waals surface area contributed by atoms with Gasteiger partial charge in [0.25, 0.3) is 6.47 Å². The summed E-state index contributed by atoms with van der Waals surface area (Å²) in [6, 6.07) is 0. The van der Waals surface area contributed by atoms with Crippen molar-refractivity contribution in [3.8, 4) is 0 Å². The van der Waals surface area contributed by atoms with Crippen molar-refractivity contribution in [3.05, 3.63) is 0 Å². The Morgan fingerprint density at radius 2 is 1.33 bits per heavy atom. The van der Waals surface area contributed by atoms with Gasteiger partial charge >= 0.3 is 0 Å². The minimum Gasteiger partial charge on any atom is -0.462 e. The van der Waals surface area contributed by atoms with Gasteiger partial charge < -0.3 is 4.74 Å². The van der Waals surface area contributed by atoms with E-state index in [1.54, 1.807) is 0 Å². The predicted molar refractivity (Wildman–Crippen MR) is 63.8 cm³/mol. The number of hydrogen-bond acceptors (Lipinski definition) is 2. The number of rotatable bonds is 4. The lowest BCUT2D eigenvalue weighted by atomic mass is 10.0. The summed E-state index contributed by atoms with van der Waals surface area (Å²) in [4.78, 5) is 9.92. The third-order valence-corrected chi connectivity index (χ3v) is 3.33. The fourth-order valence-corrected chi connectivity index (χ4v) is 1.59. The molecule has 2 heteroatoms. The molecule has 0 heterocycles. The van der Waals surface area contributed by atoms with Gasteiger partial charge in [0.15, 0.2) is 0 Å². The van der Waals surface area contributed by atoms with Gasteiger partial charge in [-0.15, -0.1) is 0 Å². The van der Waals surface area contributed by atoms with Crippen LogP contribution in [-0.4, -0.2) is 12.1 Å². The van der Waals surface area contributed by atoms with Crippen molar-refractivity contribution < 1.29 is 9.53 Å². The molecule has 90 valence electrons. The van der Waals surface area contributed by atoms with Crippen molar-refractivity contribution in [2.75, 3.05) is 0 Å². The Morgan fingerprint density at radius 3 is 1.47 bits per heavy atom. The molecule has 2 nitrogen and oxygen atoms in total. The maximum Gasteiger partial charge on any atom is 0.293 e. The van der Waals surface area contributed by atoms with Crippen LogP contribution in [0.25, 0.3) is 0 Å². The Labute approximate surface area is 94.4 Å². The zero-order chi connectivity index (χ0) is 11.6. The molecule has 0 saturated heterocycles. The van der Waals surface area contributed by atoms with Crippen LogP contribution < -0.4 is 0 Å². The van der Waals surface area contributed by atoms with Gasteiger partial charge in [-0.2, -0.15) is 0 Å². The molecule has 0 aromatic carbocycles. The summed E-state index contributed by atoms with van der Waals surface area (Å²) >= 11 is 0. The molecule has 0 unspecified atom stereocenters. The maximum absolute atomic E-state index is 9.92. The van der Waals surface area contributed by atoms with E-state index in [1.807, 2.05) is 20.8 Å². The van der Waals surface area contributed by atoms with Gasteiger partial charge in [0, 0.05) is 0 Å². The Hall–Kier alpha value is -0.530. The van der Waals surface area contributed by atoms with E-state index in [0.717, 1.165) is 12.8 Å². The van der Waals surface area contributed by atoms with Gasteiger partial charge in [-0.1, -0.05) is 52.4 Å². The standard InChI is InChI=1S/C7H14O2.C6H12/c1-4-7(3,5-2)9-6-8;1-2-4-6-5-3-1/h6H,4-5H2,1-3H3;1-6H2. The van der Waals surface area contributed by atoms with E-state index in [9.17, 15) is 4.79 Å². The van der Waals surface area contributed by atoms with Gasteiger partial charge in [-0.05, 0) is 19.8 Å². The summed E-state index contributed by atoms with van der Waals surface area (Å²) < 4.78 is 4.85. The normalized spacial score (nSPS) is 16.2. The summed E-state index contributed by atoms with van der Waals surface area (Å²) in [6.07, 6.45) is 10.8. The highest BCUT2D eigenvalue weighted by atomic mass is 16.5. The van der Waals surface area contributed by atoms with Gasteiger partial charge in [0.05, 0.1) is 0 Å². The summed E-state index contributed by atoms with van der Waals surface area (Å²) in [6.45, 7) is 6.47. The van der Waals surface area contributed by atoms with Crippen molar-refractivity contribution in [2.24, 2.45) is 0 Å². The molecule has 1 fully saturated rings. The smallest absolute Gasteiger partial charge is 0.293 e. The van der Waals surface area contributed by atoms with Gasteiger partial charge in [0.1, 0.15) is 5.60 Å². The van der Waals surface area contributed by atoms with Crippen molar-refractivity contribution in [3.63, 3.8) is 0 Å². The molecule has 0 atom stereocenters.